The van der Waals surface area contributed by atoms with E-state index in [1.807, 2.05) is 0 Å². The average molecular weight is 209 g/mol. The zero-order valence-corrected chi connectivity index (χ0v) is 10.9. The summed E-state index contributed by atoms with van der Waals surface area (Å²) in [5, 5.41) is 0. The molecule has 1 heterocycles. The second-order valence-electron chi connectivity index (χ2n) is 6.58. The van der Waals surface area contributed by atoms with E-state index >= 15 is 0 Å². The monoisotopic (exact) mass is 209 g/mol. The highest BCUT2D eigenvalue weighted by molar-refractivity contribution is 4.99. The Labute approximate surface area is 95.2 Å². The predicted octanol–water partition coefficient (Wildman–Crippen LogP) is 3.54. The zero-order valence-electron chi connectivity index (χ0n) is 10.9. The largest absolute Gasteiger partial charge is 0.300 e. The molecule has 2 aliphatic rings. The third-order valence-corrected chi connectivity index (χ3v) is 4.75. The lowest BCUT2D eigenvalue weighted by atomic mass is 9.56. The van der Waals surface area contributed by atoms with Gasteiger partial charge in [0.1, 0.15) is 0 Å². The topological polar surface area (TPSA) is 3.24 Å². The van der Waals surface area contributed by atoms with Crippen molar-refractivity contribution in [3.63, 3.8) is 0 Å². The molecule has 1 saturated heterocycles. The molecule has 0 unspecified atom stereocenters. The van der Waals surface area contributed by atoms with Crippen molar-refractivity contribution in [1.82, 2.24) is 4.90 Å². The van der Waals surface area contributed by atoms with Crippen LogP contribution in [0.1, 0.15) is 53.4 Å². The van der Waals surface area contributed by atoms with Crippen molar-refractivity contribution in [1.29, 1.82) is 0 Å². The van der Waals surface area contributed by atoms with Crippen LogP contribution in [0.5, 0.6) is 0 Å². The van der Waals surface area contributed by atoms with E-state index in [-0.39, 0.29) is 0 Å². The van der Waals surface area contributed by atoms with Gasteiger partial charge in [0.2, 0.25) is 0 Å². The molecule has 0 radical (unpaired) electrons. The van der Waals surface area contributed by atoms with E-state index in [0.29, 0.717) is 0 Å². The van der Waals surface area contributed by atoms with Gasteiger partial charge in [0, 0.05) is 12.6 Å². The Bertz CT molecular complexity index is 213. The molecule has 0 N–H and O–H groups in total. The van der Waals surface area contributed by atoms with Gasteiger partial charge in [0.15, 0.2) is 0 Å². The third kappa shape index (κ3) is 2.22. The Morgan fingerprint density at radius 2 is 1.80 bits per heavy atom. The van der Waals surface area contributed by atoms with Crippen LogP contribution in [0.4, 0.5) is 0 Å². The quantitative estimate of drug-likeness (QED) is 0.672. The fourth-order valence-electron chi connectivity index (χ4n) is 3.54. The Morgan fingerprint density at radius 1 is 1.13 bits per heavy atom. The molecular weight excluding hydrogens is 182 g/mol. The molecule has 1 aliphatic carbocycles. The van der Waals surface area contributed by atoms with E-state index in [1.165, 1.54) is 38.8 Å². The Hall–Kier alpha value is -0.0400. The average Bonchev–Trinajstić information content (AvgIpc) is 2.13. The van der Waals surface area contributed by atoms with Crippen LogP contribution in [-0.4, -0.2) is 24.0 Å². The highest BCUT2D eigenvalue weighted by Gasteiger charge is 2.47. The lowest BCUT2D eigenvalue weighted by Gasteiger charge is -2.55. The summed E-state index contributed by atoms with van der Waals surface area (Å²) in [6.45, 7) is 12.2. The van der Waals surface area contributed by atoms with E-state index in [4.69, 9.17) is 0 Å². The Balaban J connectivity index is 1.89. The van der Waals surface area contributed by atoms with Crippen LogP contribution in [0, 0.1) is 17.3 Å². The summed E-state index contributed by atoms with van der Waals surface area (Å²) < 4.78 is 0. The summed E-state index contributed by atoms with van der Waals surface area (Å²) in [7, 11) is 0. The van der Waals surface area contributed by atoms with Crippen molar-refractivity contribution >= 4 is 0 Å². The predicted molar refractivity (Wildman–Crippen MR) is 65.9 cm³/mol. The second-order valence-corrected chi connectivity index (χ2v) is 6.58. The number of hydrogen-bond acceptors (Lipinski definition) is 1. The molecule has 1 saturated carbocycles. The minimum atomic E-state index is 0.734. The van der Waals surface area contributed by atoms with Crippen LogP contribution in [-0.2, 0) is 0 Å². The van der Waals surface area contributed by atoms with Gasteiger partial charge in [-0.3, -0.25) is 0 Å². The van der Waals surface area contributed by atoms with E-state index in [9.17, 15) is 0 Å². The normalized spacial score (nSPS) is 37.6. The maximum absolute atomic E-state index is 2.69. The number of nitrogens with zero attached hydrogens (tertiary/aromatic N) is 1. The molecule has 0 bridgehead atoms. The lowest BCUT2D eigenvalue weighted by Crippen LogP contribution is -2.53. The van der Waals surface area contributed by atoms with Gasteiger partial charge in [-0.1, -0.05) is 13.8 Å². The van der Waals surface area contributed by atoms with Crippen LogP contribution in [0.2, 0.25) is 0 Å². The summed E-state index contributed by atoms with van der Waals surface area (Å²) in [4.78, 5) is 2.69. The van der Waals surface area contributed by atoms with Gasteiger partial charge in [-0.15, -0.1) is 0 Å². The highest BCUT2D eigenvalue weighted by atomic mass is 15.2. The van der Waals surface area contributed by atoms with Gasteiger partial charge in [0.25, 0.3) is 0 Å². The molecule has 0 amide bonds. The van der Waals surface area contributed by atoms with Crippen molar-refractivity contribution in [3.8, 4) is 0 Å². The first-order valence-corrected chi connectivity index (χ1v) is 6.76. The summed E-state index contributed by atoms with van der Waals surface area (Å²) in [6, 6.07) is 0.750. The Kier molecular flexibility index (Phi) is 3.12. The van der Waals surface area contributed by atoms with Crippen molar-refractivity contribution < 1.29 is 0 Å². The first-order chi connectivity index (χ1) is 7.02. The number of piperidine rings is 1. The van der Waals surface area contributed by atoms with Crippen LogP contribution in [0.3, 0.4) is 0 Å². The molecule has 1 heteroatoms. The van der Waals surface area contributed by atoms with E-state index in [0.717, 1.165) is 23.3 Å². The van der Waals surface area contributed by atoms with Crippen LogP contribution >= 0.6 is 0 Å². The van der Waals surface area contributed by atoms with E-state index in [1.54, 1.807) is 0 Å². The summed E-state index contributed by atoms with van der Waals surface area (Å²) >= 11 is 0. The third-order valence-electron chi connectivity index (χ3n) is 4.75. The molecular formula is C14H27N. The molecule has 0 aromatic carbocycles. The molecule has 0 aromatic rings. The second kappa shape index (κ2) is 4.08. The van der Waals surface area contributed by atoms with E-state index < -0.39 is 0 Å². The fraction of sp³-hybridized carbons (Fsp3) is 1.00. The molecule has 1 spiro atoms. The smallest absolute Gasteiger partial charge is 0.00409 e. The Morgan fingerprint density at radius 3 is 2.33 bits per heavy atom. The SMILES string of the molecule is CC(C)C1CC2(CCCN(C(C)C)C2)C1. The minimum absolute atomic E-state index is 0.734. The first-order valence-electron chi connectivity index (χ1n) is 6.76. The van der Waals surface area contributed by atoms with Crippen molar-refractivity contribution in [2.24, 2.45) is 17.3 Å². The minimum Gasteiger partial charge on any atom is -0.300 e. The first kappa shape index (κ1) is 11.4. The van der Waals surface area contributed by atoms with Crippen LogP contribution in [0.25, 0.3) is 0 Å². The molecule has 0 aromatic heterocycles. The maximum atomic E-state index is 2.69. The zero-order chi connectivity index (χ0) is 11.1. The summed E-state index contributed by atoms with van der Waals surface area (Å²) in [6.07, 6.45) is 5.95. The molecule has 0 atom stereocenters. The van der Waals surface area contributed by atoms with Crippen LogP contribution in [0.15, 0.2) is 0 Å². The fourth-order valence-corrected chi connectivity index (χ4v) is 3.54. The highest BCUT2D eigenvalue weighted by Crippen LogP contribution is 2.53. The number of likely N-dealkylation sites (tertiary alicyclic amines) is 1. The maximum Gasteiger partial charge on any atom is 0.00409 e. The van der Waals surface area contributed by atoms with Gasteiger partial charge in [-0.2, -0.15) is 0 Å². The van der Waals surface area contributed by atoms with Crippen molar-refractivity contribution in [2.45, 2.75) is 59.4 Å². The summed E-state index contributed by atoms with van der Waals surface area (Å²) in [5.74, 6) is 1.93. The summed E-state index contributed by atoms with van der Waals surface area (Å²) in [5.41, 5.74) is 0.734. The van der Waals surface area contributed by atoms with Crippen molar-refractivity contribution in [3.05, 3.63) is 0 Å². The number of rotatable bonds is 2. The molecule has 1 nitrogen and oxygen atoms in total. The number of hydrogen-bond donors (Lipinski definition) is 0. The standard InChI is InChI=1S/C14H27N/c1-11(2)13-8-14(9-13)6-5-7-15(10-14)12(3)4/h11-13H,5-10H2,1-4H3. The van der Waals surface area contributed by atoms with Gasteiger partial charge in [-0.25, -0.2) is 0 Å². The van der Waals surface area contributed by atoms with Gasteiger partial charge in [0.05, 0.1) is 0 Å². The molecule has 2 rings (SSSR count). The van der Waals surface area contributed by atoms with E-state index in [2.05, 4.69) is 32.6 Å². The molecule has 15 heavy (non-hydrogen) atoms. The molecule has 88 valence electrons. The molecule has 2 fully saturated rings. The lowest BCUT2D eigenvalue weighted by molar-refractivity contribution is -0.0481. The van der Waals surface area contributed by atoms with Gasteiger partial charge >= 0.3 is 0 Å². The van der Waals surface area contributed by atoms with Gasteiger partial charge < -0.3 is 4.90 Å². The van der Waals surface area contributed by atoms with Crippen molar-refractivity contribution in [2.75, 3.05) is 13.1 Å². The molecule has 1 aliphatic heterocycles. The van der Waals surface area contributed by atoms with Gasteiger partial charge in [-0.05, 0) is 63.3 Å². The van der Waals surface area contributed by atoms with Crippen LogP contribution < -0.4 is 0 Å².